The van der Waals surface area contributed by atoms with Crippen LogP contribution in [0.3, 0.4) is 0 Å². The second-order valence-corrected chi connectivity index (χ2v) is 3.83. The molecule has 0 radical (unpaired) electrons. The van der Waals surface area contributed by atoms with Crippen LogP contribution in [0, 0.1) is 6.92 Å². The maximum atomic E-state index is 11.2. The molecule has 0 saturated carbocycles. The summed E-state index contributed by atoms with van der Waals surface area (Å²) in [6.45, 7) is 1.96. The van der Waals surface area contributed by atoms with Crippen molar-refractivity contribution in [2.45, 2.75) is 11.8 Å². The Balaban J connectivity index is 2.94. The van der Waals surface area contributed by atoms with E-state index in [0.717, 1.165) is 10.5 Å². The Morgan fingerprint density at radius 1 is 1.50 bits per heavy atom. The zero-order chi connectivity index (χ0) is 10.6. The van der Waals surface area contributed by atoms with Gasteiger partial charge in [-0.15, -0.1) is 0 Å². The van der Waals surface area contributed by atoms with E-state index in [0.29, 0.717) is 5.56 Å². The first-order chi connectivity index (χ1) is 6.69. The van der Waals surface area contributed by atoms with Gasteiger partial charge < -0.3 is 4.74 Å². The summed E-state index contributed by atoms with van der Waals surface area (Å²) in [6.07, 6.45) is 0. The Kier molecular flexibility index (Phi) is 3.98. The minimum atomic E-state index is -0.297. The average molecular weight is 211 g/mol. The Morgan fingerprint density at radius 2 is 2.21 bits per heavy atom. The van der Waals surface area contributed by atoms with Gasteiger partial charge in [0.2, 0.25) is 0 Å². The molecule has 14 heavy (non-hydrogen) atoms. The molecule has 0 amide bonds. The van der Waals surface area contributed by atoms with Crippen LogP contribution >= 0.6 is 11.9 Å². The quantitative estimate of drug-likeness (QED) is 0.613. The lowest BCUT2D eigenvalue weighted by Gasteiger charge is -2.05. The van der Waals surface area contributed by atoms with Crippen LogP contribution < -0.4 is 4.72 Å². The van der Waals surface area contributed by atoms with Crippen molar-refractivity contribution < 1.29 is 9.53 Å². The molecule has 0 aliphatic rings. The molecular formula is C10H13NO2S. The lowest BCUT2D eigenvalue weighted by Crippen LogP contribution is -2.02. The third-order valence-corrected chi connectivity index (χ3v) is 2.69. The summed E-state index contributed by atoms with van der Waals surface area (Å²) >= 11 is 1.53. The summed E-state index contributed by atoms with van der Waals surface area (Å²) in [6, 6.07) is 5.49. The Labute approximate surface area is 88.0 Å². The molecule has 0 unspecified atom stereocenters. The summed E-state index contributed by atoms with van der Waals surface area (Å²) in [5.41, 5.74) is 1.65. The topological polar surface area (TPSA) is 38.3 Å². The van der Waals surface area contributed by atoms with Gasteiger partial charge in [0.25, 0.3) is 0 Å². The molecule has 0 saturated heterocycles. The highest BCUT2D eigenvalue weighted by atomic mass is 32.2. The van der Waals surface area contributed by atoms with Gasteiger partial charge in [-0.05, 0) is 49.7 Å². The summed E-state index contributed by atoms with van der Waals surface area (Å²) in [5.74, 6) is -0.297. The van der Waals surface area contributed by atoms with Gasteiger partial charge in [-0.1, -0.05) is 0 Å². The molecule has 0 aliphatic carbocycles. The molecule has 4 heteroatoms. The monoisotopic (exact) mass is 211 g/mol. The van der Waals surface area contributed by atoms with Gasteiger partial charge in [0.05, 0.1) is 12.7 Å². The largest absolute Gasteiger partial charge is 0.465 e. The molecule has 0 aromatic heterocycles. The number of methoxy groups -OCH3 is 1. The molecule has 0 heterocycles. The Bertz CT molecular complexity index is 339. The van der Waals surface area contributed by atoms with E-state index in [1.807, 2.05) is 26.1 Å². The fourth-order valence-corrected chi connectivity index (χ4v) is 1.69. The number of hydrogen-bond acceptors (Lipinski definition) is 4. The highest BCUT2D eigenvalue weighted by molar-refractivity contribution is 7.97. The van der Waals surface area contributed by atoms with E-state index in [2.05, 4.69) is 9.46 Å². The highest BCUT2D eigenvalue weighted by Gasteiger charge is 2.07. The number of carbonyl (C=O) groups is 1. The van der Waals surface area contributed by atoms with Crippen LogP contribution in [-0.2, 0) is 4.74 Å². The highest BCUT2D eigenvalue weighted by Crippen LogP contribution is 2.20. The van der Waals surface area contributed by atoms with Gasteiger partial charge in [0.15, 0.2) is 0 Å². The fraction of sp³-hybridized carbons (Fsp3) is 0.300. The van der Waals surface area contributed by atoms with E-state index in [9.17, 15) is 4.79 Å². The van der Waals surface area contributed by atoms with E-state index in [-0.39, 0.29) is 5.97 Å². The van der Waals surface area contributed by atoms with Gasteiger partial charge in [-0.25, -0.2) is 4.79 Å². The maximum Gasteiger partial charge on any atom is 0.337 e. The third-order valence-electron chi connectivity index (χ3n) is 1.81. The zero-order valence-electron chi connectivity index (χ0n) is 8.46. The van der Waals surface area contributed by atoms with Crippen LogP contribution in [0.1, 0.15) is 15.9 Å². The second kappa shape index (κ2) is 5.02. The summed E-state index contributed by atoms with van der Waals surface area (Å²) in [5, 5.41) is 0. The third kappa shape index (κ3) is 2.49. The van der Waals surface area contributed by atoms with Crippen molar-refractivity contribution in [2.75, 3.05) is 14.2 Å². The van der Waals surface area contributed by atoms with E-state index in [4.69, 9.17) is 0 Å². The Morgan fingerprint density at radius 3 is 2.71 bits per heavy atom. The molecule has 3 nitrogen and oxygen atoms in total. The number of nitrogens with one attached hydrogen (secondary N) is 1. The number of benzene rings is 1. The Hall–Kier alpha value is -1.00. The summed E-state index contributed by atoms with van der Waals surface area (Å²) in [7, 11) is 3.24. The second-order valence-electron chi connectivity index (χ2n) is 2.78. The molecule has 0 spiro atoms. The van der Waals surface area contributed by atoms with Crippen LogP contribution in [0.15, 0.2) is 23.1 Å². The zero-order valence-corrected chi connectivity index (χ0v) is 9.27. The maximum absolute atomic E-state index is 11.2. The standard InChI is InChI=1S/C10H13NO2S/c1-7-6-8(10(12)13-3)4-5-9(7)14-11-2/h4-6,11H,1-3H3. The van der Waals surface area contributed by atoms with Gasteiger partial charge in [0.1, 0.15) is 0 Å². The van der Waals surface area contributed by atoms with Crippen LogP contribution in [0.25, 0.3) is 0 Å². The lowest BCUT2D eigenvalue weighted by molar-refractivity contribution is 0.0600. The number of ether oxygens (including phenoxy) is 1. The van der Waals surface area contributed by atoms with E-state index < -0.39 is 0 Å². The number of hydrogen-bond donors (Lipinski definition) is 1. The SMILES string of the molecule is CNSc1ccc(C(=O)OC)cc1C. The van der Waals surface area contributed by atoms with Crippen molar-refractivity contribution in [3.63, 3.8) is 0 Å². The molecule has 1 N–H and O–H groups in total. The smallest absolute Gasteiger partial charge is 0.337 e. The summed E-state index contributed by atoms with van der Waals surface area (Å²) in [4.78, 5) is 12.3. The van der Waals surface area contributed by atoms with Crippen LogP contribution in [0.4, 0.5) is 0 Å². The van der Waals surface area contributed by atoms with Crippen LogP contribution in [0.5, 0.6) is 0 Å². The fourth-order valence-electron chi connectivity index (χ4n) is 1.12. The minimum absolute atomic E-state index is 0.297. The van der Waals surface area contributed by atoms with Crippen molar-refractivity contribution >= 4 is 17.9 Å². The predicted octanol–water partition coefficient (Wildman–Crippen LogP) is 2.01. The molecule has 0 bridgehead atoms. The first-order valence-corrected chi connectivity index (χ1v) is 5.03. The minimum Gasteiger partial charge on any atom is -0.465 e. The molecule has 76 valence electrons. The van der Waals surface area contributed by atoms with E-state index >= 15 is 0 Å². The number of esters is 1. The summed E-state index contributed by atoms with van der Waals surface area (Å²) < 4.78 is 7.62. The van der Waals surface area contributed by atoms with Gasteiger partial charge >= 0.3 is 5.97 Å². The van der Waals surface area contributed by atoms with Crippen molar-refractivity contribution in [1.82, 2.24) is 4.72 Å². The normalized spacial score (nSPS) is 9.93. The predicted molar refractivity (Wildman–Crippen MR) is 57.4 cm³/mol. The van der Waals surface area contributed by atoms with Crippen molar-refractivity contribution in [3.05, 3.63) is 29.3 Å². The molecule has 0 fully saturated rings. The van der Waals surface area contributed by atoms with Crippen molar-refractivity contribution in [3.8, 4) is 0 Å². The van der Waals surface area contributed by atoms with Gasteiger partial charge in [-0.3, -0.25) is 4.72 Å². The van der Waals surface area contributed by atoms with Crippen molar-refractivity contribution in [1.29, 1.82) is 0 Å². The van der Waals surface area contributed by atoms with E-state index in [1.54, 1.807) is 6.07 Å². The molecule has 1 aromatic rings. The number of aryl methyl sites for hydroxylation is 1. The molecule has 0 atom stereocenters. The first-order valence-electron chi connectivity index (χ1n) is 4.21. The van der Waals surface area contributed by atoms with Crippen LogP contribution in [0.2, 0.25) is 0 Å². The number of rotatable bonds is 3. The van der Waals surface area contributed by atoms with Crippen LogP contribution in [-0.4, -0.2) is 20.1 Å². The molecule has 1 aromatic carbocycles. The van der Waals surface area contributed by atoms with Gasteiger partial charge in [-0.2, -0.15) is 0 Å². The average Bonchev–Trinajstić information content (AvgIpc) is 2.20. The molecule has 0 aliphatic heterocycles. The van der Waals surface area contributed by atoms with Gasteiger partial charge in [0, 0.05) is 4.90 Å². The molecule has 1 rings (SSSR count). The molecular weight excluding hydrogens is 198 g/mol. The van der Waals surface area contributed by atoms with E-state index in [1.165, 1.54) is 19.1 Å². The number of carbonyl (C=O) groups excluding carboxylic acids is 1. The van der Waals surface area contributed by atoms with Crippen molar-refractivity contribution in [2.24, 2.45) is 0 Å². The lowest BCUT2D eigenvalue weighted by atomic mass is 10.1. The first kappa shape index (κ1) is 11.1.